The van der Waals surface area contributed by atoms with E-state index in [-0.39, 0.29) is 29.3 Å². The van der Waals surface area contributed by atoms with Crippen molar-refractivity contribution in [3.05, 3.63) is 64.5 Å². The summed E-state index contributed by atoms with van der Waals surface area (Å²) in [6, 6.07) is 9.83. The van der Waals surface area contributed by atoms with Crippen molar-refractivity contribution < 1.29 is 19.2 Å². The van der Waals surface area contributed by atoms with E-state index >= 15 is 0 Å². The summed E-state index contributed by atoms with van der Waals surface area (Å²) < 4.78 is 11.9. The molecule has 0 fully saturated rings. The molecule has 1 aromatic carbocycles. The molecule has 3 aromatic rings. The van der Waals surface area contributed by atoms with Crippen LogP contribution in [-0.4, -0.2) is 46.4 Å². The first-order chi connectivity index (χ1) is 14.0. The second-order valence-electron chi connectivity index (χ2n) is 5.92. The second-order valence-corrected chi connectivity index (χ2v) is 5.92. The molecule has 1 amide bonds. The number of rotatable bonds is 8. The number of hydrogen-bond acceptors (Lipinski definition) is 7. The predicted molar refractivity (Wildman–Crippen MR) is 104 cm³/mol. The number of benzene rings is 1. The van der Waals surface area contributed by atoms with E-state index in [4.69, 9.17) is 9.47 Å². The molecule has 0 aliphatic carbocycles. The van der Waals surface area contributed by atoms with Crippen LogP contribution in [0.3, 0.4) is 0 Å². The summed E-state index contributed by atoms with van der Waals surface area (Å²) in [5.74, 6) is -0.181. The second kappa shape index (κ2) is 8.83. The van der Waals surface area contributed by atoms with Crippen LogP contribution in [-0.2, 0) is 6.54 Å². The van der Waals surface area contributed by atoms with Crippen molar-refractivity contribution in [1.82, 2.24) is 20.1 Å². The van der Waals surface area contributed by atoms with Gasteiger partial charge in [0.25, 0.3) is 11.6 Å². The van der Waals surface area contributed by atoms with Gasteiger partial charge in [0.2, 0.25) is 0 Å². The minimum atomic E-state index is -0.635. The molecule has 10 nitrogen and oxygen atoms in total. The summed E-state index contributed by atoms with van der Waals surface area (Å²) in [7, 11) is 2.76. The molecule has 0 aliphatic heterocycles. The normalized spacial score (nSPS) is 10.4. The van der Waals surface area contributed by atoms with Gasteiger partial charge in [-0.15, -0.1) is 0 Å². The molecule has 29 heavy (non-hydrogen) atoms. The highest BCUT2D eigenvalue weighted by molar-refractivity contribution is 5.99. The minimum Gasteiger partial charge on any atom is -0.493 e. The highest BCUT2D eigenvalue weighted by Gasteiger charge is 2.24. The standard InChI is InChI=1S/C19H19N5O5/c1-28-17-11-13(16(24(26)27)12-18(17)29-2)19(25)21-8-10-23-9-6-15(22-23)14-5-3-4-7-20-14/h3-7,9,11-12H,8,10H2,1-2H3,(H,21,25). The molecule has 3 rings (SSSR count). The maximum absolute atomic E-state index is 12.5. The molecule has 2 aromatic heterocycles. The van der Waals surface area contributed by atoms with Crippen molar-refractivity contribution in [2.45, 2.75) is 6.54 Å². The molecular formula is C19H19N5O5. The fraction of sp³-hybridized carbons (Fsp3) is 0.211. The average molecular weight is 397 g/mol. The molecule has 0 unspecified atom stereocenters. The van der Waals surface area contributed by atoms with Crippen molar-refractivity contribution in [1.29, 1.82) is 0 Å². The Morgan fingerprint density at radius 3 is 2.59 bits per heavy atom. The Hall–Kier alpha value is -3.95. The van der Waals surface area contributed by atoms with E-state index in [1.54, 1.807) is 17.1 Å². The molecule has 150 valence electrons. The van der Waals surface area contributed by atoms with Crippen LogP contribution in [0.2, 0.25) is 0 Å². The average Bonchev–Trinajstić information content (AvgIpc) is 3.22. The van der Waals surface area contributed by atoms with E-state index in [1.165, 1.54) is 26.4 Å². The van der Waals surface area contributed by atoms with Gasteiger partial charge in [-0.25, -0.2) is 0 Å². The third-order valence-corrected chi connectivity index (χ3v) is 4.14. The van der Waals surface area contributed by atoms with E-state index in [9.17, 15) is 14.9 Å². The van der Waals surface area contributed by atoms with Gasteiger partial charge in [0.05, 0.1) is 37.4 Å². The molecule has 0 bridgehead atoms. The third kappa shape index (κ3) is 4.49. The number of nitro benzene ring substituents is 1. The monoisotopic (exact) mass is 397 g/mol. The van der Waals surface area contributed by atoms with Crippen LogP contribution in [0.4, 0.5) is 5.69 Å². The van der Waals surface area contributed by atoms with Crippen LogP contribution in [0.1, 0.15) is 10.4 Å². The van der Waals surface area contributed by atoms with E-state index in [1.807, 2.05) is 24.3 Å². The van der Waals surface area contributed by atoms with Crippen LogP contribution in [0.25, 0.3) is 11.4 Å². The Bertz CT molecular complexity index is 1020. The summed E-state index contributed by atoms with van der Waals surface area (Å²) in [6.07, 6.45) is 3.46. The van der Waals surface area contributed by atoms with Gasteiger partial charge >= 0.3 is 0 Å². The molecule has 2 heterocycles. The minimum absolute atomic E-state index is 0.109. The first-order valence-corrected chi connectivity index (χ1v) is 8.67. The summed E-state index contributed by atoms with van der Waals surface area (Å²) in [4.78, 5) is 27.4. The number of carbonyl (C=O) groups excluding carboxylic acids is 1. The van der Waals surface area contributed by atoms with Gasteiger partial charge in [0.15, 0.2) is 11.5 Å². The molecule has 0 atom stereocenters. The van der Waals surface area contributed by atoms with Crippen molar-refractivity contribution >= 4 is 11.6 Å². The van der Waals surface area contributed by atoms with E-state index < -0.39 is 10.8 Å². The Morgan fingerprint density at radius 2 is 1.93 bits per heavy atom. The summed E-state index contributed by atoms with van der Waals surface area (Å²) >= 11 is 0. The highest BCUT2D eigenvalue weighted by Crippen LogP contribution is 2.34. The molecule has 0 saturated carbocycles. The summed E-state index contributed by atoms with van der Waals surface area (Å²) in [5, 5.41) is 18.4. The number of nitro groups is 1. The van der Waals surface area contributed by atoms with Gasteiger partial charge in [-0.2, -0.15) is 5.10 Å². The van der Waals surface area contributed by atoms with Crippen molar-refractivity contribution in [2.24, 2.45) is 0 Å². The van der Waals surface area contributed by atoms with Crippen LogP contribution in [0.15, 0.2) is 48.8 Å². The summed E-state index contributed by atoms with van der Waals surface area (Å²) in [6.45, 7) is 0.618. The summed E-state index contributed by atoms with van der Waals surface area (Å²) in [5.41, 5.74) is 0.989. The van der Waals surface area contributed by atoms with Crippen LogP contribution in [0, 0.1) is 10.1 Å². The number of nitrogens with zero attached hydrogens (tertiary/aromatic N) is 4. The molecule has 0 saturated heterocycles. The predicted octanol–water partition coefficient (Wildman–Crippen LogP) is 2.30. The SMILES string of the molecule is COc1cc(C(=O)NCCn2ccc(-c3ccccn3)n2)c([N+](=O)[O-])cc1OC. The van der Waals surface area contributed by atoms with Crippen LogP contribution in [0.5, 0.6) is 11.5 Å². The first kappa shape index (κ1) is 19.8. The molecule has 0 aliphatic rings. The topological polar surface area (TPSA) is 121 Å². The fourth-order valence-corrected chi connectivity index (χ4v) is 2.72. The molecular weight excluding hydrogens is 378 g/mol. The zero-order valence-electron chi connectivity index (χ0n) is 15.9. The zero-order valence-corrected chi connectivity index (χ0v) is 15.9. The number of ether oxygens (including phenoxy) is 2. The number of amides is 1. The number of nitrogens with one attached hydrogen (secondary N) is 1. The Morgan fingerprint density at radius 1 is 1.17 bits per heavy atom. The lowest BCUT2D eigenvalue weighted by molar-refractivity contribution is -0.385. The zero-order chi connectivity index (χ0) is 20.8. The van der Waals surface area contributed by atoms with E-state index in [2.05, 4.69) is 15.4 Å². The molecule has 10 heteroatoms. The van der Waals surface area contributed by atoms with Gasteiger partial charge in [-0.05, 0) is 18.2 Å². The number of methoxy groups -OCH3 is 2. The number of aromatic nitrogens is 3. The lowest BCUT2D eigenvalue weighted by Gasteiger charge is -2.11. The molecule has 1 N–H and O–H groups in total. The lowest BCUT2D eigenvalue weighted by atomic mass is 10.1. The number of carbonyl (C=O) groups is 1. The Balaban J connectivity index is 1.68. The molecule has 0 radical (unpaired) electrons. The maximum Gasteiger partial charge on any atom is 0.286 e. The fourth-order valence-electron chi connectivity index (χ4n) is 2.72. The largest absolute Gasteiger partial charge is 0.493 e. The first-order valence-electron chi connectivity index (χ1n) is 8.67. The van der Waals surface area contributed by atoms with Crippen LogP contribution >= 0.6 is 0 Å². The van der Waals surface area contributed by atoms with Crippen molar-refractivity contribution in [3.63, 3.8) is 0 Å². The van der Waals surface area contributed by atoms with E-state index in [0.29, 0.717) is 12.2 Å². The maximum atomic E-state index is 12.5. The van der Waals surface area contributed by atoms with Crippen molar-refractivity contribution in [2.75, 3.05) is 20.8 Å². The molecule has 0 spiro atoms. The number of pyridine rings is 1. The number of hydrogen-bond donors (Lipinski definition) is 1. The quantitative estimate of drug-likeness (QED) is 0.457. The smallest absolute Gasteiger partial charge is 0.286 e. The third-order valence-electron chi connectivity index (χ3n) is 4.14. The van der Waals surface area contributed by atoms with Gasteiger partial charge < -0.3 is 14.8 Å². The van der Waals surface area contributed by atoms with Crippen LogP contribution < -0.4 is 14.8 Å². The lowest BCUT2D eigenvalue weighted by Crippen LogP contribution is -2.28. The Kier molecular flexibility index (Phi) is 6.03. The Labute approximate surface area is 166 Å². The van der Waals surface area contributed by atoms with Gasteiger partial charge in [-0.1, -0.05) is 6.07 Å². The van der Waals surface area contributed by atoms with Gasteiger partial charge in [-0.3, -0.25) is 24.6 Å². The van der Waals surface area contributed by atoms with Crippen molar-refractivity contribution in [3.8, 4) is 22.9 Å². The van der Waals surface area contributed by atoms with Gasteiger partial charge in [0, 0.05) is 25.0 Å². The van der Waals surface area contributed by atoms with Gasteiger partial charge in [0.1, 0.15) is 11.3 Å². The highest BCUT2D eigenvalue weighted by atomic mass is 16.6. The van der Waals surface area contributed by atoms with E-state index in [0.717, 1.165) is 5.69 Å².